The van der Waals surface area contributed by atoms with E-state index in [4.69, 9.17) is 17.0 Å². The molecule has 0 spiro atoms. The molecule has 6 rings (SSSR count). The average molecular weight is 750 g/mol. The van der Waals surface area contributed by atoms with Gasteiger partial charge in [-0.15, -0.1) is 69.1 Å². The summed E-state index contributed by atoms with van der Waals surface area (Å²) >= 11 is -2.53. The second-order valence-electron chi connectivity index (χ2n) is 10.0. The molecule has 0 bridgehead atoms. The van der Waals surface area contributed by atoms with Crippen LogP contribution in [0.1, 0.15) is 25.0 Å². The van der Waals surface area contributed by atoms with Crippen LogP contribution in [0.5, 0.6) is 0 Å². The van der Waals surface area contributed by atoms with Crippen molar-refractivity contribution in [2.75, 3.05) is 0 Å². The van der Waals surface area contributed by atoms with Crippen LogP contribution in [0.2, 0.25) is 9.88 Å². The van der Waals surface area contributed by atoms with Gasteiger partial charge in [0.15, 0.2) is 0 Å². The van der Waals surface area contributed by atoms with E-state index in [9.17, 15) is 0 Å². The van der Waals surface area contributed by atoms with Crippen LogP contribution in [0.4, 0.5) is 0 Å². The van der Waals surface area contributed by atoms with Gasteiger partial charge < -0.3 is 0 Å². The van der Waals surface area contributed by atoms with Crippen LogP contribution in [-0.4, -0.2) is 14.6 Å². The number of hydrogen-bond donors (Lipinski definition) is 0. The quantitative estimate of drug-likeness (QED) is 0.124. The molecule has 0 saturated heterocycles. The van der Waals surface area contributed by atoms with Gasteiger partial charge in [0.1, 0.15) is 0 Å². The first kappa shape index (κ1) is 31.3. The van der Waals surface area contributed by atoms with Gasteiger partial charge >= 0.3 is 56.0 Å². The van der Waals surface area contributed by atoms with Crippen LogP contribution in [0.15, 0.2) is 121 Å². The van der Waals surface area contributed by atoms with E-state index in [-0.39, 0.29) is 0 Å². The number of hydrogen-bond acceptors (Lipinski definition) is 0. The van der Waals surface area contributed by atoms with Crippen molar-refractivity contribution in [2.24, 2.45) is 0 Å². The number of rotatable bonds is 4. The summed E-state index contributed by atoms with van der Waals surface area (Å²) in [6, 6.07) is 43.5. The molecule has 0 aliphatic carbocycles. The fraction of sp³-hybridized carbons (Fsp3) is 0.167. The molecule has 0 N–H and O–H groups in total. The first-order chi connectivity index (χ1) is 19.4. The van der Waals surface area contributed by atoms with Gasteiger partial charge in [-0.25, -0.2) is 0 Å². The van der Waals surface area contributed by atoms with Gasteiger partial charge in [-0.1, -0.05) is 97.8 Å². The van der Waals surface area contributed by atoms with Crippen molar-refractivity contribution >= 4 is 53.1 Å². The van der Waals surface area contributed by atoms with Gasteiger partial charge in [0.2, 0.25) is 0 Å². The first-order valence-electron chi connectivity index (χ1n) is 13.9. The average Bonchev–Trinajstić information content (AvgIpc) is 3.62. The minimum atomic E-state index is -1.56. The van der Waals surface area contributed by atoms with Crippen LogP contribution in [-0.2, 0) is 27.4 Å². The number of fused-ring (bicyclic) bond motifs is 2. The summed E-state index contributed by atoms with van der Waals surface area (Å²) in [5.41, 5.74) is 8.11. The Morgan fingerprint density at radius 1 is 0.575 bits per heavy atom. The van der Waals surface area contributed by atoms with E-state index in [1.807, 2.05) is 0 Å². The molecule has 0 nitrogen and oxygen atoms in total. The van der Waals surface area contributed by atoms with Gasteiger partial charge in [-0.05, 0) is 24.0 Å². The number of halogens is 2. The van der Waals surface area contributed by atoms with Crippen LogP contribution in [0, 0.1) is 0 Å². The van der Waals surface area contributed by atoms with Crippen LogP contribution >= 0.6 is 17.0 Å². The van der Waals surface area contributed by atoms with Crippen LogP contribution < -0.4 is 0 Å². The Hall–Kier alpha value is -1.64. The fourth-order valence-electron chi connectivity index (χ4n) is 4.74. The van der Waals surface area contributed by atoms with Gasteiger partial charge in [0, 0.05) is 0 Å². The van der Waals surface area contributed by atoms with Crippen molar-refractivity contribution in [3.05, 3.63) is 132 Å². The van der Waals surface area contributed by atoms with Gasteiger partial charge in [0.25, 0.3) is 0 Å². The van der Waals surface area contributed by atoms with E-state index < -0.39 is 29.1 Å². The third-order valence-electron chi connectivity index (χ3n) is 6.99. The molecule has 0 saturated carbocycles. The van der Waals surface area contributed by atoms with E-state index in [1.54, 1.807) is 0 Å². The summed E-state index contributed by atoms with van der Waals surface area (Å²) in [4.78, 5) is 4.52. The maximum atomic E-state index is 5.66. The summed E-state index contributed by atoms with van der Waals surface area (Å²) in [6.07, 6.45) is 2.20. The summed E-state index contributed by atoms with van der Waals surface area (Å²) < 4.78 is 0. The zero-order valence-electron chi connectivity index (χ0n) is 23.7. The van der Waals surface area contributed by atoms with Crippen molar-refractivity contribution in [3.8, 4) is 22.3 Å². The molecular formula is C36H36Cl2SnZr-2. The van der Waals surface area contributed by atoms with Crippen molar-refractivity contribution in [1.29, 1.82) is 0 Å². The molecule has 4 heteroatoms. The number of benzene rings is 4. The molecule has 0 atom stereocenters. The molecule has 0 heterocycles. The first-order valence-corrected chi connectivity index (χ1v) is 35.6. The summed E-state index contributed by atoms with van der Waals surface area (Å²) in [7, 11) is 11.3. The molecular weight excluding hydrogens is 713 g/mol. The predicted molar refractivity (Wildman–Crippen MR) is 178 cm³/mol. The molecule has 0 unspecified atom stereocenters. The van der Waals surface area contributed by atoms with Crippen molar-refractivity contribution < 1.29 is 14.5 Å². The van der Waals surface area contributed by atoms with Gasteiger partial charge in [0.05, 0.1) is 0 Å². The molecule has 40 heavy (non-hydrogen) atoms. The fourth-order valence-corrected chi connectivity index (χ4v) is 4.74. The molecule has 0 radical (unpaired) electrons. The minimum absolute atomic E-state index is 0.972. The molecule has 0 aromatic heterocycles. The molecule has 6 aromatic rings. The van der Waals surface area contributed by atoms with Crippen LogP contribution in [0.3, 0.4) is 0 Å². The second-order valence-corrected chi connectivity index (χ2v) is 58.3. The Kier molecular flexibility index (Phi) is 12.2. The SMILES string of the molecule is CCc1cc2c(-c3ccccc3)cccc2[cH-]1.CCc1cc2c(-c3ccccc3)cccc2[cH-]1.[CH3][Sn]([CH3])=[Zr]([Cl])[Cl]. The maximum absolute atomic E-state index is 5.66. The molecule has 0 fully saturated rings. The summed E-state index contributed by atoms with van der Waals surface area (Å²) in [5, 5.41) is 5.44. The van der Waals surface area contributed by atoms with E-state index >= 15 is 0 Å². The normalized spacial score (nSPS) is 10.4. The molecule has 6 aromatic carbocycles. The Morgan fingerprint density at radius 2 is 0.950 bits per heavy atom. The standard InChI is InChI=1S/2C17H15.2CH3.2ClH.Sn.Zr/c2*1-2-13-11-15-9-6-10-16(17(15)12-13)14-7-4-3-5-8-14;;;;;;/h2*3-12H,2H2,1H3;2*1H3;2*1H;;/q2*-1;;;;;;+2/p-2. The molecule has 0 aliphatic heterocycles. The Morgan fingerprint density at radius 3 is 1.27 bits per heavy atom. The summed E-state index contributed by atoms with van der Waals surface area (Å²) in [6.45, 7) is 4.41. The van der Waals surface area contributed by atoms with Crippen molar-refractivity contribution in [1.82, 2.24) is 0 Å². The topological polar surface area (TPSA) is 0 Å². The Bertz CT molecular complexity index is 1560. The van der Waals surface area contributed by atoms with Gasteiger partial charge in [-0.2, -0.15) is 12.1 Å². The molecule has 0 amide bonds. The Balaban J connectivity index is 0.000000155. The Labute approximate surface area is 256 Å². The van der Waals surface area contributed by atoms with E-state index in [0.717, 1.165) is 12.8 Å². The van der Waals surface area contributed by atoms with E-state index in [1.165, 1.54) is 54.9 Å². The van der Waals surface area contributed by atoms with Crippen molar-refractivity contribution in [2.45, 2.75) is 36.6 Å². The van der Waals surface area contributed by atoms with E-state index in [0.29, 0.717) is 0 Å². The zero-order valence-corrected chi connectivity index (χ0v) is 30.5. The van der Waals surface area contributed by atoms with Crippen molar-refractivity contribution in [3.63, 3.8) is 0 Å². The monoisotopic (exact) mass is 748 g/mol. The zero-order chi connectivity index (χ0) is 28.5. The third-order valence-corrected chi connectivity index (χ3v) is 51.6. The van der Waals surface area contributed by atoms with Gasteiger partial charge in [-0.3, -0.25) is 0 Å². The molecule has 204 valence electrons. The molecule has 0 aliphatic rings. The second kappa shape index (κ2) is 15.6. The third kappa shape index (κ3) is 8.22. The van der Waals surface area contributed by atoms with E-state index in [2.05, 4.69) is 145 Å². The summed E-state index contributed by atoms with van der Waals surface area (Å²) in [5.74, 6) is 0. The number of aryl methyl sites for hydroxylation is 2. The predicted octanol–water partition coefficient (Wildman–Crippen LogP) is 11.7. The van der Waals surface area contributed by atoms with Crippen LogP contribution in [0.25, 0.3) is 43.8 Å².